The Labute approximate surface area is 165 Å². The Morgan fingerprint density at radius 1 is 1.36 bits per heavy atom. The minimum absolute atomic E-state index is 0.167. The average molecular weight is 386 g/mol. The predicted molar refractivity (Wildman–Crippen MR) is 108 cm³/mol. The van der Waals surface area contributed by atoms with Gasteiger partial charge in [-0.2, -0.15) is 5.10 Å². The molecule has 3 rings (SSSR count). The lowest BCUT2D eigenvalue weighted by Crippen LogP contribution is -2.45. The van der Waals surface area contributed by atoms with Crippen molar-refractivity contribution < 1.29 is 14.7 Å². The highest BCUT2D eigenvalue weighted by molar-refractivity contribution is 6.07. The molecule has 2 atom stereocenters. The van der Waals surface area contributed by atoms with E-state index in [0.717, 1.165) is 24.2 Å². The SMILES string of the molecule is CC[C@H](C)[C@H](NC(=O)c1cc(C2CC2)nc2c1c(C)nn2C(C)(C)C)C(=O)O. The molecule has 1 aliphatic carbocycles. The van der Waals surface area contributed by atoms with Crippen LogP contribution in [0.2, 0.25) is 0 Å². The summed E-state index contributed by atoms with van der Waals surface area (Å²) in [5, 5.41) is 17.6. The lowest BCUT2D eigenvalue weighted by atomic mass is 9.98. The summed E-state index contributed by atoms with van der Waals surface area (Å²) in [5.41, 5.74) is 2.48. The van der Waals surface area contributed by atoms with Crippen LogP contribution in [0.15, 0.2) is 6.07 Å². The number of pyridine rings is 1. The number of nitrogens with zero attached hydrogens (tertiary/aromatic N) is 3. The highest BCUT2D eigenvalue weighted by Gasteiger charge is 2.32. The molecule has 2 aromatic rings. The van der Waals surface area contributed by atoms with E-state index in [1.54, 1.807) is 0 Å². The van der Waals surface area contributed by atoms with Crippen molar-refractivity contribution in [3.8, 4) is 0 Å². The number of fused-ring (bicyclic) bond motifs is 1. The molecular formula is C21H30N4O3. The third kappa shape index (κ3) is 3.75. The molecule has 1 saturated carbocycles. The van der Waals surface area contributed by atoms with Gasteiger partial charge < -0.3 is 10.4 Å². The molecule has 0 spiro atoms. The molecule has 1 aliphatic rings. The van der Waals surface area contributed by atoms with E-state index in [1.165, 1.54) is 0 Å². The average Bonchev–Trinajstić information content (AvgIpc) is 3.41. The van der Waals surface area contributed by atoms with Crippen molar-refractivity contribution in [3.63, 3.8) is 0 Å². The Hall–Kier alpha value is -2.44. The Bertz CT molecular complexity index is 922. The molecule has 28 heavy (non-hydrogen) atoms. The van der Waals surface area contributed by atoms with Crippen LogP contribution in [0.5, 0.6) is 0 Å². The smallest absolute Gasteiger partial charge is 0.326 e. The first-order valence-electron chi connectivity index (χ1n) is 9.99. The van der Waals surface area contributed by atoms with Gasteiger partial charge in [0.05, 0.1) is 22.2 Å². The van der Waals surface area contributed by atoms with Crippen LogP contribution < -0.4 is 5.32 Å². The first kappa shape index (κ1) is 20.3. The highest BCUT2D eigenvalue weighted by Crippen LogP contribution is 2.41. The number of carbonyl (C=O) groups is 2. The number of carbonyl (C=O) groups excluding carboxylic acids is 1. The predicted octanol–water partition coefficient (Wildman–Crippen LogP) is 3.60. The number of amides is 1. The normalized spacial score (nSPS) is 16.8. The van der Waals surface area contributed by atoms with Gasteiger partial charge in [0.15, 0.2) is 5.65 Å². The zero-order valence-electron chi connectivity index (χ0n) is 17.5. The van der Waals surface area contributed by atoms with Crippen LogP contribution in [0, 0.1) is 12.8 Å². The minimum atomic E-state index is -1.02. The van der Waals surface area contributed by atoms with Gasteiger partial charge in [0.1, 0.15) is 6.04 Å². The largest absolute Gasteiger partial charge is 0.480 e. The molecule has 0 aromatic carbocycles. The van der Waals surface area contributed by atoms with Crippen LogP contribution in [0.4, 0.5) is 0 Å². The first-order valence-corrected chi connectivity index (χ1v) is 9.99. The van der Waals surface area contributed by atoms with E-state index in [4.69, 9.17) is 4.98 Å². The summed E-state index contributed by atoms with van der Waals surface area (Å²) in [4.78, 5) is 29.7. The van der Waals surface area contributed by atoms with Gasteiger partial charge in [-0.1, -0.05) is 20.3 Å². The number of aliphatic carboxylic acids is 1. The van der Waals surface area contributed by atoms with Gasteiger partial charge in [-0.3, -0.25) is 4.79 Å². The molecule has 1 amide bonds. The zero-order valence-corrected chi connectivity index (χ0v) is 17.5. The molecule has 2 N–H and O–H groups in total. The summed E-state index contributed by atoms with van der Waals surface area (Å²) >= 11 is 0. The summed E-state index contributed by atoms with van der Waals surface area (Å²) < 4.78 is 1.86. The summed E-state index contributed by atoms with van der Waals surface area (Å²) in [5.74, 6) is -1.19. The zero-order chi connectivity index (χ0) is 20.8. The maximum Gasteiger partial charge on any atom is 0.326 e. The van der Waals surface area contributed by atoms with Gasteiger partial charge in [-0.15, -0.1) is 0 Å². The Kier molecular flexibility index (Phi) is 5.21. The van der Waals surface area contributed by atoms with Gasteiger partial charge in [-0.05, 0) is 52.5 Å². The second kappa shape index (κ2) is 7.18. The molecule has 0 radical (unpaired) electrons. The van der Waals surface area contributed by atoms with Crippen LogP contribution in [0.1, 0.15) is 81.5 Å². The van der Waals surface area contributed by atoms with E-state index in [-0.39, 0.29) is 17.4 Å². The van der Waals surface area contributed by atoms with Crippen molar-refractivity contribution in [2.24, 2.45) is 5.92 Å². The fourth-order valence-corrected chi connectivity index (χ4v) is 3.45. The van der Waals surface area contributed by atoms with E-state index < -0.39 is 12.0 Å². The van der Waals surface area contributed by atoms with Crippen molar-refractivity contribution >= 4 is 22.9 Å². The second-order valence-electron chi connectivity index (χ2n) is 8.91. The van der Waals surface area contributed by atoms with Crippen LogP contribution in [0.3, 0.4) is 0 Å². The molecule has 0 aliphatic heterocycles. The van der Waals surface area contributed by atoms with Gasteiger partial charge in [0.25, 0.3) is 5.91 Å². The second-order valence-corrected chi connectivity index (χ2v) is 8.91. The third-order valence-corrected chi connectivity index (χ3v) is 5.47. The minimum Gasteiger partial charge on any atom is -0.480 e. The fourth-order valence-electron chi connectivity index (χ4n) is 3.45. The quantitative estimate of drug-likeness (QED) is 0.790. The summed E-state index contributed by atoms with van der Waals surface area (Å²) in [6.45, 7) is 11.8. The number of hydrogen-bond acceptors (Lipinski definition) is 4. The monoisotopic (exact) mass is 386 g/mol. The third-order valence-electron chi connectivity index (χ3n) is 5.47. The molecule has 2 heterocycles. The van der Waals surface area contributed by atoms with Gasteiger partial charge in [-0.25, -0.2) is 14.5 Å². The van der Waals surface area contributed by atoms with Crippen molar-refractivity contribution in [2.75, 3.05) is 0 Å². The van der Waals surface area contributed by atoms with Crippen molar-refractivity contribution in [2.45, 2.75) is 78.3 Å². The summed E-state index contributed by atoms with van der Waals surface area (Å²) in [7, 11) is 0. The highest BCUT2D eigenvalue weighted by atomic mass is 16.4. The molecular weight excluding hydrogens is 356 g/mol. The Balaban J connectivity index is 2.12. The number of aryl methyl sites for hydroxylation is 1. The van der Waals surface area contributed by atoms with E-state index in [0.29, 0.717) is 28.9 Å². The van der Waals surface area contributed by atoms with E-state index >= 15 is 0 Å². The van der Waals surface area contributed by atoms with E-state index in [1.807, 2.05) is 52.3 Å². The molecule has 0 saturated heterocycles. The molecule has 0 bridgehead atoms. The number of hydrogen-bond donors (Lipinski definition) is 2. The molecule has 0 unspecified atom stereocenters. The van der Waals surface area contributed by atoms with E-state index in [2.05, 4.69) is 10.4 Å². The number of rotatable bonds is 6. The van der Waals surface area contributed by atoms with Crippen molar-refractivity contribution in [3.05, 3.63) is 23.0 Å². The molecule has 7 heteroatoms. The van der Waals surface area contributed by atoms with Gasteiger partial charge in [0, 0.05) is 11.6 Å². The van der Waals surface area contributed by atoms with Crippen LogP contribution >= 0.6 is 0 Å². The lowest BCUT2D eigenvalue weighted by molar-refractivity contribution is -0.140. The Morgan fingerprint density at radius 3 is 2.50 bits per heavy atom. The number of carboxylic acid groups (broad SMARTS) is 1. The maximum absolute atomic E-state index is 13.2. The van der Waals surface area contributed by atoms with Gasteiger partial charge in [0.2, 0.25) is 0 Å². The lowest BCUT2D eigenvalue weighted by Gasteiger charge is -2.21. The first-order chi connectivity index (χ1) is 13.0. The molecule has 1 fully saturated rings. The van der Waals surface area contributed by atoms with Crippen molar-refractivity contribution in [1.82, 2.24) is 20.1 Å². The van der Waals surface area contributed by atoms with Crippen molar-refractivity contribution in [1.29, 1.82) is 0 Å². The molecule has 2 aromatic heterocycles. The Morgan fingerprint density at radius 2 is 2.00 bits per heavy atom. The fraction of sp³-hybridized carbons (Fsp3) is 0.619. The van der Waals surface area contributed by atoms with Crippen LogP contribution in [-0.2, 0) is 10.3 Å². The number of nitrogens with one attached hydrogen (secondary N) is 1. The standard InChI is InChI=1S/C21H30N4O3/c1-7-11(2)17(20(27)28)23-19(26)14-10-15(13-8-9-13)22-18-16(14)12(3)24-25(18)21(4,5)6/h10-11,13,17H,7-9H2,1-6H3,(H,23,26)(H,27,28)/t11-,17-/m0/s1. The summed E-state index contributed by atoms with van der Waals surface area (Å²) in [6, 6.07) is 0.898. The van der Waals surface area contributed by atoms with E-state index in [9.17, 15) is 14.7 Å². The maximum atomic E-state index is 13.2. The number of aromatic nitrogens is 3. The van der Waals surface area contributed by atoms with Crippen LogP contribution in [0.25, 0.3) is 11.0 Å². The van der Waals surface area contributed by atoms with Crippen LogP contribution in [-0.4, -0.2) is 37.8 Å². The summed E-state index contributed by atoms with van der Waals surface area (Å²) in [6.07, 6.45) is 2.79. The van der Waals surface area contributed by atoms with Gasteiger partial charge >= 0.3 is 5.97 Å². The molecule has 7 nitrogen and oxygen atoms in total. The topological polar surface area (TPSA) is 97.1 Å². The number of carboxylic acids is 1. The molecule has 152 valence electrons.